The van der Waals surface area contributed by atoms with Gasteiger partial charge in [-0.2, -0.15) is 4.31 Å². The third-order valence-electron chi connectivity index (χ3n) is 6.50. The van der Waals surface area contributed by atoms with E-state index in [2.05, 4.69) is 6.07 Å². The first-order valence-electron chi connectivity index (χ1n) is 11.6. The number of rotatable bonds is 7. The van der Waals surface area contributed by atoms with Crippen molar-refractivity contribution < 1.29 is 17.9 Å². The number of carbonyl (C=O) groups excluding carboxylic acids is 1. The van der Waals surface area contributed by atoms with Gasteiger partial charge in [-0.3, -0.25) is 4.79 Å². The number of thiophene rings is 1. The molecule has 2 aliphatic heterocycles. The van der Waals surface area contributed by atoms with Gasteiger partial charge in [0, 0.05) is 36.7 Å². The van der Waals surface area contributed by atoms with Crippen LogP contribution in [-0.2, 0) is 34.3 Å². The second-order valence-corrected chi connectivity index (χ2v) is 11.8. The highest BCUT2D eigenvalue weighted by Gasteiger charge is 2.29. The minimum absolute atomic E-state index is 0.0468. The first-order chi connectivity index (χ1) is 16.5. The van der Waals surface area contributed by atoms with Crippen molar-refractivity contribution in [3.63, 3.8) is 0 Å². The topological polar surface area (TPSA) is 66.9 Å². The zero-order valence-electron chi connectivity index (χ0n) is 18.9. The molecule has 0 aliphatic carbocycles. The summed E-state index contributed by atoms with van der Waals surface area (Å²) >= 11 is 1.62. The van der Waals surface area contributed by atoms with Gasteiger partial charge in [0.05, 0.1) is 17.5 Å². The van der Waals surface area contributed by atoms with Gasteiger partial charge in [0.25, 0.3) is 5.91 Å². The Morgan fingerprint density at radius 3 is 2.56 bits per heavy atom. The Morgan fingerprint density at radius 1 is 1.06 bits per heavy atom. The lowest BCUT2D eigenvalue weighted by Gasteiger charge is -2.28. The summed E-state index contributed by atoms with van der Waals surface area (Å²) in [5, 5.41) is 2.00. The van der Waals surface area contributed by atoms with E-state index in [9.17, 15) is 13.2 Å². The lowest BCUT2D eigenvalue weighted by molar-refractivity contribution is 0.0509. The van der Waals surface area contributed by atoms with Crippen molar-refractivity contribution in [3.8, 4) is 0 Å². The summed E-state index contributed by atoms with van der Waals surface area (Å²) in [6.07, 6.45) is 2.71. The van der Waals surface area contributed by atoms with Crippen molar-refractivity contribution in [2.75, 3.05) is 19.7 Å². The summed E-state index contributed by atoms with van der Waals surface area (Å²) in [4.78, 5) is 16.5. The van der Waals surface area contributed by atoms with E-state index < -0.39 is 10.0 Å². The molecular weight excluding hydrogens is 468 g/mol. The van der Waals surface area contributed by atoms with Crippen LogP contribution in [0.25, 0.3) is 0 Å². The molecule has 1 fully saturated rings. The van der Waals surface area contributed by atoms with E-state index in [1.54, 1.807) is 35.6 Å². The lowest BCUT2D eigenvalue weighted by atomic mass is 10.0. The highest BCUT2D eigenvalue weighted by atomic mass is 32.2. The third-order valence-corrected chi connectivity index (χ3v) is 9.22. The molecule has 1 aromatic heterocycles. The van der Waals surface area contributed by atoms with Crippen LogP contribution < -0.4 is 0 Å². The van der Waals surface area contributed by atoms with E-state index in [0.717, 1.165) is 29.9 Å². The lowest BCUT2D eigenvalue weighted by Crippen LogP contribution is -2.37. The molecule has 178 valence electrons. The fourth-order valence-electron chi connectivity index (χ4n) is 4.62. The van der Waals surface area contributed by atoms with E-state index in [4.69, 9.17) is 4.74 Å². The molecule has 3 heterocycles. The molecule has 1 saturated heterocycles. The molecule has 1 amide bonds. The van der Waals surface area contributed by atoms with Gasteiger partial charge in [0.2, 0.25) is 10.0 Å². The maximum absolute atomic E-state index is 13.4. The third kappa shape index (κ3) is 4.95. The number of nitrogens with zero attached hydrogens (tertiary/aromatic N) is 2. The van der Waals surface area contributed by atoms with Gasteiger partial charge in [0.15, 0.2) is 0 Å². The zero-order chi connectivity index (χ0) is 23.5. The van der Waals surface area contributed by atoms with E-state index in [0.29, 0.717) is 38.2 Å². The van der Waals surface area contributed by atoms with Crippen LogP contribution in [-0.4, -0.2) is 49.3 Å². The first-order valence-corrected chi connectivity index (χ1v) is 13.9. The second kappa shape index (κ2) is 10.00. The van der Waals surface area contributed by atoms with Crippen molar-refractivity contribution in [2.45, 2.75) is 43.4 Å². The predicted molar refractivity (Wildman–Crippen MR) is 132 cm³/mol. The maximum atomic E-state index is 13.4. The van der Waals surface area contributed by atoms with Crippen LogP contribution in [0.5, 0.6) is 0 Å². The Labute approximate surface area is 204 Å². The number of amides is 1. The summed E-state index contributed by atoms with van der Waals surface area (Å²) in [5.41, 5.74) is 2.73. The van der Waals surface area contributed by atoms with Crippen LogP contribution in [0.15, 0.2) is 70.9 Å². The predicted octanol–water partition coefficient (Wildman–Crippen LogP) is 4.32. The smallest absolute Gasteiger partial charge is 0.254 e. The largest absolute Gasteiger partial charge is 0.376 e. The Bertz CT molecular complexity index is 1230. The Morgan fingerprint density at radius 2 is 1.85 bits per heavy atom. The van der Waals surface area contributed by atoms with Gasteiger partial charge in [-0.15, -0.1) is 11.3 Å². The molecule has 6 nitrogen and oxygen atoms in total. The number of ether oxygens (including phenoxy) is 1. The second-order valence-electron chi connectivity index (χ2n) is 8.78. The number of benzene rings is 2. The van der Waals surface area contributed by atoms with Crippen molar-refractivity contribution in [3.05, 3.63) is 87.6 Å². The number of fused-ring (bicyclic) bond motifs is 1. The number of hydrogen-bond acceptors (Lipinski definition) is 5. The average molecular weight is 497 g/mol. The highest BCUT2D eigenvalue weighted by molar-refractivity contribution is 7.89. The maximum Gasteiger partial charge on any atom is 0.254 e. The van der Waals surface area contributed by atoms with Crippen LogP contribution in [0.2, 0.25) is 0 Å². The van der Waals surface area contributed by atoms with Crippen LogP contribution in [0.1, 0.15) is 39.2 Å². The standard InChI is InChI=1S/C26H28N2O4S2/c29-26(27(18-23-7-3-15-32-23)19-24-8-4-16-33-24)21-9-11-25(12-10-21)34(30,31)28-14-13-20-5-1-2-6-22(20)17-28/h1-2,4-6,8-12,16,23H,3,7,13-15,17-19H2/t23-/m1/s1. The quantitative estimate of drug-likeness (QED) is 0.489. The van der Waals surface area contributed by atoms with Crippen LogP contribution in [0.3, 0.4) is 0 Å². The molecule has 34 heavy (non-hydrogen) atoms. The normalized spacial score (nSPS) is 18.5. The van der Waals surface area contributed by atoms with E-state index >= 15 is 0 Å². The summed E-state index contributed by atoms with van der Waals surface area (Å²) < 4.78 is 33.8. The summed E-state index contributed by atoms with van der Waals surface area (Å²) in [6.45, 7) is 2.61. The molecule has 0 radical (unpaired) electrons. The van der Waals surface area contributed by atoms with E-state index in [1.807, 2.05) is 40.6 Å². The van der Waals surface area contributed by atoms with E-state index in [1.165, 1.54) is 9.87 Å². The van der Waals surface area contributed by atoms with Crippen LogP contribution >= 0.6 is 11.3 Å². The Balaban J connectivity index is 1.33. The van der Waals surface area contributed by atoms with E-state index in [-0.39, 0.29) is 16.9 Å². The van der Waals surface area contributed by atoms with Gasteiger partial charge >= 0.3 is 0 Å². The van der Waals surface area contributed by atoms with Crippen LogP contribution in [0.4, 0.5) is 0 Å². The molecule has 0 N–H and O–H groups in total. The van der Waals surface area contributed by atoms with Gasteiger partial charge in [-0.25, -0.2) is 8.42 Å². The van der Waals surface area contributed by atoms with Crippen molar-refractivity contribution in [2.24, 2.45) is 0 Å². The van der Waals surface area contributed by atoms with Crippen molar-refractivity contribution in [1.29, 1.82) is 0 Å². The van der Waals surface area contributed by atoms with Crippen molar-refractivity contribution in [1.82, 2.24) is 9.21 Å². The molecule has 0 saturated carbocycles. The highest BCUT2D eigenvalue weighted by Crippen LogP contribution is 2.26. The summed E-state index contributed by atoms with van der Waals surface area (Å²) in [7, 11) is -3.64. The SMILES string of the molecule is O=C(c1ccc(S(=O)(=O)N2CCc3ccccc3C2)cc1)N(Cc1cccs1)C[C@H]1CCCO1. The average Bonchev–Trinajstić information content (AvgIpc) is 3.57. The van der Waals surface area contributed by atoms with Gasteiger partial charge < -0.3 is 9.64 Å². The summed E-state index contributed by atoms with van der Waals surface area (Å²) in [5.74, 6) is -0.111. The molecule has 3 aromatic rings. The Hall–Kier alpha value is -2.52. The first kappa shape index (κ1) is 23.2. The molecule has 0 unspecified atom stereocenters. The minimum atomic E-state index is -3.64. The molecule has 0 spiro atoms. The zero-order valence-corrected chi connectivity index (χ0v) is 20.6. The van der Waals surface area contributed by atoms with Gasteiger partial charge in [-0.05, 0) is 66.1 Å². The monoisotopic (exact) mass is 496 g/mol. The van der Waals surface area contributed by atoms with Crippen molar-refractivity contribution >= 4 is 27.3 Å². The molecule has 0 bridgehead atoms. The summed E-state index contributed by atoms with van der Waals surface area (Å²) in [6, 6.07) is 18.3. The number of hydrogen-bond donors (Lipinski definition) is 0. The van der Waals surface area contributed by atoms with Gasteiger partial charge in [0.1, 0.15) is 0 Å². The minimum Gasteiger partial charge on any atom is -0.376 e. The molecular formula is C26H28N2O4S2. The fraction of sp³-hybridized carbons (Fsp3) is 0.346. The molecule has 5 rings (SSSR count). The number of carbonyl (C=O) groups is 1. The molecule has 2 aromatic carbocycles. The van der Waals surface area contributed by atoms with Crippen LogP contribution in [0, 0.1) is 0 Å². The molecule has 1 atom stereocenters. The molecule has 8 heteroatoms. The Kier molecular flexibility index (Phi) is 6.83. The van der Waals surface area contributed by atoms with Gasteiger partial charge in [-0.1, -0.05) is 30.3 Å². The number of sulfonamides is 1. The molecule has 2 aliphatic rings. The fourth-order valence-corrected chi connectivity index (χ4v) is 6.76.